The third-order valence-electron chi connectivity index (χ3n) is 5.16. The smallest absolute Gasteiger partial charge is 0.161 e. The summed E-state index contributed by atoms with van der Waals surface area (Å²) in [6.45, 7) is 4.84. The van der Waals surface area contributed by atoms with Crippen molar-refractivity contribution in [3.05, 3.63) is 53.9 Å². The van der Waals surface area contributed by atoms with E-state index in [1.165, 1.54) is 5.56 Å². The van der Waals surface area contributed by atoms with Gasteiger partial charge in [-0.1, -0.05) is 30.8 Å². The predicted molar refractivity (Wildman–Crippen MR) is 110 cm³/mol. The Bertz CT molecular complexity index is 827. The van der Waals surface area contributed by atoms with Crippen LogP contribution < -0.4 is 9.47 Å². The standard InChI is InChI=1S/C21H25N3O2S/c1-4-15-13-27-21-23-19(16-8-6-7-11-22-16)20(24(15)21)14-9-10-17(25-3)18(12-14)26-5-2/h6-12,15,19-20H,4-5,13H2,1-3H3/t15-,19+,20+/m1/s1. The molecule has 3 heterocycles. The van der Waals surface area contributed by atoms with Crippen molar-refractivity contribution in [2.75, 3.05) is 19.5 Å². The maximum Gasteiger partial charge on any atom is 0.161 e. The average molecular weight is 384 g/mol. The number of benzene rings is 1. The third-order valence-corrected chi connectivity index (χ3v) is 6.28. The highest BCUT2D eigenvalue weighted by molar-refractivity contribution is 8.14. The zero-order chi connectivity index (χ0) is 18.8. The van der Waals surface area contributed by atoms with Crippen LogP contribution in [0.3, 0.4) is 0 Å². The van der Waals surface area contributed by atoms with E-state index < -0.39 is 0 Å². The van der Waals surface area contributed by atoms with Crippen LogP contribution in [0, 0.1) is 0 Å². The fourth-order valence-corrected chi connectivity index (χ4v) is 5.19. The van der Waals surface area contributed by atoms with Crippen molar-refractivity contribution in [2.24, 2.45) is 4.99 Å². The normalized spacial score (nSPS) is 23.9. The molecule has 0 unspecified atom stereocenters. The van der Waals surface area contributed by atoms with Crippen LogP contribution >= 0.6 is 11.8 Å². The van der Waals surface area contributed by atoms with Gasteiger partial charge in [-0.2, -0.15) is 0 Å². The number of rotatable bonds is 6. The number of thioether (sulfide) groups is 1. The summed E-state index contributed by atoms with van der Waals surface area (Å²) in [4.78, 5) is 12.2. The van der Waals surface area contributed by atoms with E-state index in [4.69, 9.17) is 14.5 Å². The monoisotopic (exact) mass is 383 g/mol. The lowest BCUT2D eigenvalue weighted by Gasteiger charge is -2.32. The summed E-state index contributed by atoms with van der Waals surface area (Å²) in [6, 6.07) is 12.9. The number of pyridine rings is 1. The molecule has 2 aromatic rings. The van der Waals surface area contributed by atoms with Crippen LogP contribution in [0.1, 0.15) is 43.6 Å². The molecule has 0 bridgehead atoms. The largest absolute Gasteiger partial charge is 0.493 e. The minimum atomic E-state index is -0.00841. The molecule has 0 spiro atoms. The molecule has 0 saturated carbocycles. The number of methoxy groups -OCH3 is 1. The molecule has 2 aliphatic rings. The van der Waals surface area contributed by atoms with Crippen molar-refractivity contribution in [1.82, 2.24) is 9.88 Å². The van der Waals surface area contributed by atoms with Crippen molar-refractivity contribution in [2.45, 2.75) is 38.4 Å². The van der Waals surface area contributed by atoms with E-state index in [0.29, 0.717) is 12.6 Å². The topological polar surface area (TPSA) is 47.0 Å². The van der Waals surface area contributed by atoms with Gasteiger partial charge in [0.1, 0.15) is 6.04 Å². The Morgan fingerprint density at radius 3 is 2.78 bits per heavy atom. The Morgan fingerprint density at radius 2 is 2.07 bits per heavy atom. The van der Waals surface area contributed by atoms with Gasteiger partial charge in [-0.25, -0.2) is 0 Å². The number of hydrogen-bond acceptors (Lipinski definition) is 6. The lowest BCUT2D eigenvalue weighted by atomic mass is 9.95. The maximum atomic E-state index is 5.83. The van der Waals surface area contributed by atoms with Gasteiger partial charge in [-0.3, -0.25) is 9.98 Å². The Morgan fingerprint density at radius 1 is 1.19 bits per heavy atom. The highest BCUT2D eigenvalue weighted by atomic mass is 32.2. The Kier molecular flexibility index (Phi) is 5.25. The van der Waals surface area contributed by atoms with Crippen LogP contribution in [0.15, 0.2) is 47.6 Å². The van der Waals surface area contributed by atoms with Gasteiger partial charge in [-0.05, 0) is 43.2 Å². The Balaban J connectivity index is 1.78. The summed E-state index contributed by atoms with van der Waals surface area (Å²) in [5.41, 5.74) is 2.20. The molecule has 1 fully saturated rings. The van der Waals surface area contributed by atoms with E-state index in [-0.39, 0.29) is 12.1 Å². The van der Waals surface area contributed by atoms with E-state index in [1.54, 1.807) is 7.11 Å². The summed E-state index contributed by atoms with van der Waals surface area (Å²) in [5, 5.41) is 1.14. The van der Waals surface area contributed by atoms with Crippen LogP contribution in [-0.2, 0) is 0 Å². The first kappa shape index (κ1) is 18.2. The zero-order valence-electron chi connectivity index (χ0n) is 16.0. The first-order chi connectivity index (χ1) is 13.3. The van der Waals surface area contributed by atoms with Crippen LogP contribution in [0.4, 0.5) is 0 Å². The molecular formula is C21H25N3O2S. The van der Waals surface area contributed by atoms with Gasteiger partial charge < -0.3 is 14.4 Å². The predicted octanol–water partition coefficient (Wildman–Crippen LogP) is 4.47. The number of aromatic nitrogens is 1. The second-order valence-corrected chi connectivity index (χ2v) is 7.67. The number of hydrogen-bond donors (Lipinski definition) is 0. The summed E-state index contributed by atoms with van der Waals surface area (Å²) in [6.07, 6.45) is 2.95. The summed E-state index contributed by atoms with van der Waals surface area (Å²) in [7, 11) is 1.68. The minimum absolute atomic E-state index is 0.00841. The van der Waals surface area contributed by atoms with Gasteiger partial charge in [0.15, 0.2) is 16.7 Å². The molecule has 27 heavy (non-hydrogen) atoms. The molecule has 0 N–H and O–H groups in total. The number of ether oxygens (including phenoxy) is 2. The van der Waals surface area contributed by atoms with Gasteiger partial charge >= 0.3 is 0 Å². The Labute approximate surface area is 164 Å². The molecule has 6 heteroatoms. The van der Waals surface area contributed by atoms with Crippen molar-refractivity contribution < 1.29 is 9.47 Å². The molecule has 1 aromatic carbocycles. The van der Waals surface area contributed by atoms with E-state index in [1.807, 2.05) is 43.1 Å². The SMILES string of the molecule is CCOc1cc([C@H]2[C@H](c3ccccn3)N=C3SC[C@@H](CC)N32)ccc1OC. The van der Waals surface area contributed by atoms with Gasteiger partial charge in [0.25, 0.3) is 0 Å². The third kappa shape index (κ3) is 3.27. The van der Waals surface area contributed by atoms with Crippen molar-refractivity contribution in [1.29, 1.82) is 0 Å². The van der Waals surface area contributed by atoms with Gasteiger partial charge in [0.2, 0.25) is 0 Å². The highest BCUT2D eigenvalue weighted by Crippen LogP contribution is 2.49. The van der Waals surface area contributed by atoms with E-state index in [9.17, 15) is 0 Å². The maximum absolute atomic E-state index is 5.83. The van der Waals surface area contributed by atoms with Crippen LogP contribution in [-0.4, -0.2) is 40.6 Å². The number of nitrogens with zero attached hydrogens (tertiary/aromatic N) is 3. The fraction of sp³-hybridized carbons (Fsp3) is 0.429. The number of aliphatic imine (C=N–C) groups is 1. The molecule has 3 atom stereocenters. The molecule has 1 saturated heterocycles. The van der Waals surface area contributed by atoms with Crippen LogP contribution in [0.25, 0.3) is 0 Å². The highest BCUT2D eigenvalue weighted by Gasteiger charge is 2.45. The van der Waals surface area contributed by atoms with Crippen molar-refractivity contribution >= 4 is 16.9 Å². The van der Waals surface area contributed by atoms with Crippen molar-refractivity contribution in [3.63, 3.8) is 0 Å². The second kappa shape index (κ2) is 7.80. The molecule has 0 amide bonds. The first-order valence-corrected chi connectivity index (χ1v) is 10.5. The minimum Gasteiger partial charge on any atom is -0.493 e. The lowest BCUT2D eigenvalue weighted by Crippen LogP contribution is -2.35. The van der Waals surface area contributed by atoms with Gasteiger partial charge in [-0.15, -0.1) is 0 Å². The zero-order valence-corrected chi connectivity index (χ0v) is 16.8. The summed E-state index contributed by atoms with van der Waals surface area (Å²) < 4.78 is 11.3. The number of fused-ring (bicyclic) bond motifs is 1. The van der Waals surface area contributed by atoms with E-state index >= 15 is 0 Å². The Hall–Kier alpha value is -2.21. The summed E-state index contributed by atoms with van der Waals surface area (Å²) in [5.74, 6) is 2.64. The molecule has 1 aromatic heterocycles. The van der Waals surface area contributed by atoms with Gasteiger partial charge in [0.05, 0.1) is 25.5 Å². The molecular weight excluding hydrogens is 358 g/mol. The van der Waals surface area contributed by atoms with Crippen molar-refractivity contribution in [3.8, 4) is 11.5 Å². The van der Waals surface area contributed by atoms with Crippen LogP contribution in [0.2, 0.25) is 0 Å². The quantitative estimate of drug-likeness (QED) is 0.737. The average Bonchev–Trinajstić information content (AvgIpc) is 3.28. The molecule has 0 aliphatic carbocycles. The second-order valence-electron chi connectivity index (χ2n) is 6.68. The van der Waals surface area contributed by atoms with E-state index in [2.05, 4.69) is 35.0 Å². The molecule has 2 aliphatic heterocycles. The number of amidine groups is 1. The van der Waals surface area contributed by atoms with Gasteiger partial charge in [0, 0.05) is 18.0 Å². The first-order valence-electron chi connectivity index (χ1n) is 9.47. The fourth-order valence-electron chi connectivity index (χ4n) is 3.86. The summed E-state index contributed by atoms with van der Waals surface area (Å²) >= 11 is 1.86. The molecule has 5 nitrogen and oxygen atoms in total. The molecule has 0 radical (unpaired) electrons. The van der Waals surface area contributed by atoms with Crippen LogP contribution in [0.5, 0.6) is 11.5 Å². The molecule has 4 rings (SSSR count). The van der Waals surface area contributed by atoms with E-state index in [0.717, 1.165) is 34.5 Å². The molecule has 142 valence electrons. The lowest BCUT2D eigenvalue weighted by molar-refractivity contribution is 0.253.